The number of nitrogens with one attached hydrogen (secondary N) is 1. The van der Waals surface area contributed by atoms with Crippen molar-refractivity contribution in [3.05, 3.63) is 41.6 Å². The maximum atomic E-state index is 6.31. The summed E-state index contributed by atoms with van der Waals surface area (Å²) in [5.74, 6) is 0.600. The first-order valence-electron chi connectivity index (χ1n) is 6.96. The first-order valence-corrected chi connectivity index (χ1v) is 8.16. The Morgan fingerprint density at radius 3 is 2.71 bits per heavy atom. The van der Waals surface area contributed by atoms with Gasteiger partial charge in [0, 0.05) is 16.3 Å². The van der Waals surface area contributed by atoms with E-state index in [-0.39, 0.29) is 0 Å². The van der Waals surface area contributed by atoms with E-state index in [1.54, 1.807) is 11.3 Å². The van der Waals surface area contributed by atoms with Crippen LogP contribution in [0.4, 0.5) is 5.95 Å². The van der Waals surface area contributed by atoms with Gasteiger partial charge in [0.1, 0.15) is 9.98 Å². The summed E-state index contributed by atoms with van der Waals surface area (Å²) in [6, 6.07) is 12.6. The van der Waals surface area contributed by atoms with Crippen LogP contribution in [0.1, 0.15) is 20.3 Å². The molecule has 5 heteroatoms. The van der Waals surface area contributed by atoms with Gasteiger partial charge in [-0.2, -0.15) is 0 Å². The van der Waals surface area contributed by atoms with Gasteiger partial charge in [-0.05, 0) is 25.0 Å². The van der Waals surface area contributed by atoms with Gasteiger partial charge in [0.2, 0.25) is 5.95 Å². The summed E-state index contributed by atoms with van der Waals surface area (Å²) in [5, 5.41) is 4.69. The van der Waals surface area contributed by atoms with E-state index in [1.807, 2.05) is 18.2 Å². The molecule has 0 aliphatic heterocycles. The molecule has 3 rings (SSSR count). The summed E-state index contributed by atoms with van der Waals surface area (Å²) in [5.41, 5.74) is 1.17. The van der Waals surface area contributed by atoms with Crippen LogP contribution in [0.3, 0.4) is 0 Å². The van der Waals surface area contributed by atoms with Gasteiger partial charge in [-0.3, -0.25) is 0 Å². The fourth-order valence-corrected chi connectivity index (χ4v) is 3.34. The molecule has 2 heterocycles. The molecule has 0 aliphatic rings. The maximum Gasteiger partial charge on any atom is 0.225 e. The van der Waals surface area contributed by atoms with Crippen LogP contribution in [0.5, 0.6) is 0 Å². The van der Waals surface area contributed by atoms with Crippen molar-refractivity contribution in [1.29, 1.82) is 0 Å². The Labute approximate surface area is 133 Å². The second kappa shape index (κ2) is 6.00. The Kier molecular flexibility index (Phi) is 4.08. The normalized spacial score (nSPS) is 12.5. The predicted octanol–water partition coefficient (Wildman–Crippen LogP) is 5.22. The summed E-state index contributed by atoms with van der Waals surface area (Å²) in [7, 11) is 0. The molecule has 1 atom stereocenters. The molecule has 0 saturated carbocycles. The van der Waals surface area contributed by atoms with Gasteiger partial charge >= 0.3 is 0 Å². The highest BCUT2D eigenvalue weighted by Crippen LogP contribution is 2.35. The Hall–Kier alpha value is -1.65. The van der Waals surface area contributed by atoms with Crippen LogP contribution >= 0.6 is 22.9 Å². The molecule has 3 aromatic rings. The smallest absolute Gasteiger partial charge is 0.225 e. The van der Waals surface area contributed by atoms with E-state index in [0.717, 1.165) is 21.5 Å². The number of anilines is 1. The third kappa shape index (κ3) is 3.01. The minimum absolute atomic E-state index is 0.326. The molecule has 0 saturated heterocycles. The number of nitrogens with zero attached hydrogens (tertiary/aromatic N) is 2. The standard InChI is InChI=1S/C16H16ClN3S/c1-3-10(2)18-16-19-14(17)12-9-13(21-15(12)20-16)11-7-5-4-6-8-11/h4-10H,3H2,1-2H3,(H,18,19,20). The fourth-order valence-electron chi connectivity index (χ4n) is 2.02. The van der Waals surface area contributed by atoms with Crippen LogP contribution in [0.25, 0.3) is 20.7 Å². The zero-order chi connectivity index (χ0) is 14.8. The van der Waals surface area contributed by atoms with Crippen molar-refractivity contribution in [2.24, 2.45) is 0 Å². The minimum atomic E-state index is 0.326. The molecule has 0 aliphatic carbocycles. The van der Waals surface area contributed by atoms with Crippen molar-refractivity contribution in [3.8, 4) is 10.4 Å². The highest BCUT2D eigenvalue weighted by atomic mass is 35.5. The molecule has 1 unspecified atom stereocenters. The molecule has 2 aromatic heterocycles. The lowest BCUT2D eigenvalue weighted by molar-refractivity contribution is 0.754. The SMILES string of the molecule is CCC(C)Nc1nc(Cl)c2cc(-c3ccccc3)sc2n1. The Morgan fingerprint density at radius 1 is 1.24 bits per heavy atom. The van der Waals surface area contributed by atoms with Crippen molar-refractivity contribution < 1.29 is 0 Å². The molecule has 0 amide bonds. The van der Waals surface area contributed by atoms with Gasteiger partial charge < -0.3 is 5.32 Å². The lowest BCUT2D eigenvalue weighted by Crippen LogP contribution is -2.15. The van der Waals surface area contributed by atoms with Crippen molar-refractivity contribution >= 4 is 39.1 Å². The van der Waals surface area contributed by atoms with Crippen LogP contribution < -0.4 is 5.32 Å². The Bertz CT molecular complexity index is 755. The molecule has 0 radical (unpaired) electrons. The van der Waals surface area contributed by atoms with Crippen LogP contribution in [0.2, 0.25) is 5.15 Å². The summed E-state index contributed by atoms with van der Waals surface area (Å²) < 4.78 is 0. The monoisotopic (exact) mass is 317 g/mol. The topological polar surface area (TPSA) is 37.8 Å². The highest BCUT2D eigenvalue weighted by Gasteiger charge is 2.12. The van der Waals surface area contributed by atoms with Gasteiger partial charge in [0.15, 0.2) is 0 Å². The second-order valence-electron chi connectivity index (χ2n) is 4.99. The number of aromatic nitrogens is 2. The number of hydrogen-bond acceptors (Lipinski definition) is 4. The van der Waals surface area contributed by atoms with Crippen molar-refractivity contribution in [1.82, 2.24) is 9.97 Å². The van der Waals surface area contributed by atoms with Crippen molar-refractivity contribution in [3.63, 3.8) is 0 Å². The summed E-state index contributed by atoms with van der Waals surface area (Å²) >= 11 is 7.94. The summed E-state index contributed by atoms with van der Waals surface area (Å²) in [4.78, 5) is 11.0. The van der Waals surface area contributed by atoms with Gasteiger partial charge in [0.25, 0.3) is 0 Å². The average molecular weight is 318 g/mol. The Balaban J connectivity index is 2.03. The largest absolute Gasteiger partial charge is 0.352 e. The minimum Gasteiger partial charge on any atom is -0.352 e. The number of fused-ring (bicyclic) bond motifs is 1. The number of thiophene rings is 1. The molecule has 0 spiro atoms. The van der Waals surface area contributed by atoms with E-state index >= 15 is 0 Å². The molecule has 0 bridgehead atoms. The third-order valence-corrected chi connectivity index (χ3v) is 4.76. The quantitative estimate of drug-likeness (QED) is 0.670. The van der Waals surface area contributed by atoms with E-state index in [0.29, 0.717) is 17.1 Å². The van der Waals surface area contributed by atoms with Gasteiger partial charge in [-0.1, -0.05) is 48.9 Å². The first kappa shape index (κ1) is 14.3. The summed E-state index contributed by atoms with van der Waals surface area (Å²) in [6.45, 7) is 4.22. The van der Waals surface area contributed by atoms with E-state index in [2.05, 4.69) is 47.3 Å². The van der Waals surface area contributed by atoms with Crippen LogP contribution in [-0.4, -0.2) is 16.0 Å². The molecular formula is C16H16ClN3S. The molecule has 0 fully saturated rings. The van der Waals surface area contributed by atoms with E-state index in [1.165, 1.54) is 5.56 Å². The van der Waals surface area contributed by atoms with Gasteiger partial charge in [0.05, 0.1) is 0 Å². The molecule has 1 aromatic carbocycles. The zero-order valence-electron chi connectivity index (χ0n) is 11.9. The van der Waals surface area contributed by atoms with E-state index in [9.17, 15) is 0 Å². The van der Waals surface area contributed by atoms with Crippen LogP contribution in [-0.2, 0) is 0 Å². The van der Waals surface area contributed by atoms with Crippen molar-refractivity contribution in [2.75, 3.05) is 5.32 Å². The number of benzene rings is 1. The third-order valence-electron chi connectivity index (χ3n) is 3.39. The molecular weight excluding hydrogens is 302 g/mol. The van der Waals surface area contributed by atoms with Crippen molar-refractivity contribution in [2.45, 2.75) is 26.3 Å². The number of halogens is 1. The molecule has 3 nitrogen and oxygen atoms in total. The fraction of sp³-hybridized carbons (Fsp3) is 0.250. The predicted molar refractivity (Wildman–Crippen MR) is 91.2 cm³/mol. The molecule has 108 valence electrons. The second-order valence-corrected chi connectivity index (χ2v) is 6.38. The lowest BCUT2D eigenvalue weighted by atomic mass is 10.2. The van der Waals surface area contributed by atoms with E-state index in [4.69, 9.17) is 11.6 Å². The Morgan fingerprint density at radius 2 is 2.00 bits per heavy atom. The summed E-state index contributed by atoms with van der Waals surface area (Å²) in [6.07, 6.45) is 1.01. The number of hydrogen-bond donors (Lipinski definition) is 1. The molecule has 21 heavy (non-hydrogen) atoms. The van der Waals surface area contributed by atoms with Crippen LogP contribution in [0, 0.1) is 0 Å². The maximum absolute atomic E-state index is 6.31. The van der Waals surface area contributed by atoms with Gasteiger partial charge in [-0.15, -0.1) is 11.3 Å². The first-order chi connectivity index (χ1) is 10.2. The molecule has 1 N–H and O–H groups in total. The highest BCUT2D eigenvalue weighted by molar-refractivity contribution is 7.22. The number of rotatable bonds is 4. The lowest BCUT2D eigenvalue weighted by Gasteiger charge is -2.10. The van der Waals surface area contributed by atoms with Gasteiger partial charge in [-0.25, -0.2) is 9.97 Å². The van der Waals surface area contributed by atoms with E-state index < -0.39 is 0 Å². The zero-order valence-corrected chi connectivity index (χ0v) is 13.5. The van der Waals surface area contributed by atoms with Crippen LogP contribution in [0.15, 0.2) is 36.4 Å². The average Bonchev–Trinajstić information content (AvgIpc) is 2.92.